The summed E-state index contributed by atoms with van der Waals surface area (Å²) < 4.78 is 41.2. The molecule has 7 nitrogen and oxygen atoms in total. The van der Waals surface area contributed by atoms with Crippen LogP contribution in [-0.2, 0) is 13.1 Å². The highest BCUT2D eigenvalue weighted by atomic mass is 32.1. The van der Waals surface area contributed by atoms with Crippen molar-refractivity contribution in [3.63, 3.8) is 0 Å². The van der Waals surface area contributed by atoms with Gasteiger partial charge in [0.05, 0.1) is 18.4 Å². The topological polar surface area (TPSA) is 76.3 Å². The molecule has 0 spiro atoms. The summed E-state index contributed by atoms with van der Waals surface area (Å²) in [5, 5.41) is 3.01. The zero-order valence-corrected chi connectivity index (χ0v) is 18.1. The summed E-state index contributed by atoms with van der Waals surface area (Å²) in [5.74, 6) is 0. The number of fused-ring (bicyclic) bond motifs is 1. The first kappa shape index (κ1) is 21.9. The lowest BCUT2D eigenvalue weighted by Crippen LogP contribution is -2.43. The van der Waals surface area contributed by atoms with Gasteiger partial charge in [0.15, 0.2) is 0 Å². The fourth-order valence-corrected chi connectivity index (χ4v) is 5.82. The summed E-state index contributed by atoms with van der Waals surface area (Å²) in [7, 11) is 0. The molecule has 2 aromatic heterocycles. The Kier molecular flexibility index (Phi) is 5.89. The molecule has 31 heavy (non-hydrogen) atoms. The van der Waals surface area contributed by atoms with Gasteiger partial charge in [0.25, 0.3) is 5.56 Å². The van der Waals surface area contributed by atoms with Crippen LogP contribution in [-0.4, -0.2) is 39.3 Å². The second kappa shape index (κ2) is 8.33. The van der Waals surface area contributed by atoms with Crippen molar-refractivity contribution < 1.29 is 18.0 Å². The number of amides is 2. The molecule has 0 bridgehead atoms. The SMILES string of the molecule is Cc1c(CN2CCNC2=O)sc2c1c(=O)n(C1CCCCC1)c(=O)n2CCC(F)(F)F. The maximum atomic E-state index is 13.4. The van der Waals surface area contributed by atoms with E-state index in [-0.39, 0.29) is 23.4 Å². The van der Waals surface area contributed by atoms with Gasteiger partial charge in [-0.25, -0.2) is 9.59 Å². The van der Waals surface area contributed by atoms with E-state index in [1.165, 1.54) is 4.57 Å². The molecule has 2 aliphatic rings. The van der Waals surface area contributed by atoms with Crippen molar-refractivity contribution in [3.05, 3.63) is 31.3 Å². The number of aromatic nitrogens is 2. The highest BCUT2D eigenvalue weighted by molar-refractivity contribution is 7.18. The number of alkyl halides is 3. The number of urea groups is 1. The number of nitrogens with zero attached hydrogens (tertiary/aromatic N) is 3. The minimum Gasteiger partial charge on any atom is -0.336 e. The van der Waals surface area contributed by atoms with Crippen LogP contribution in [0.3, 0.4) is 0 Å². The number of halogens is 3. The van der Waals surface area contributed by atoms with Gasteiger partial charge in [0.2, 0.25) is 0 Å². The Hall–Kier alpha value is -2.30. The Labute approximate surface area is 180 Å². The van der Waals surface area contributed by atoms with Crippen molar-refractivity contribution in [3.8, 4) is 0 Å². The average Bonchev–Trinajstić information content (AvgIpc) is 3.25. The van der Waals surface area contributed by atoms with Crippen molar-refractivity contribution in [1.29, 1.82) is 0 Å². The molecule has 2 fully saturated rings. The van der Waals surface area contributed by atoms with E-state index in [0.717, 1.165) is 35.2 Å². The van der Waals surface area contributed by atoms with Crippen LogP contribution >= 0.6 is 11.3 Å². The van der Waals surface area contributed by atoms with Crippen molar-refractivity contribution in [2.24, 2.45) is 0 Å². The van der Waals surface area contributed by atoms with E-state index in [1.54, 1.807) is 11.8 Å². The summed E-state index contributed by atoms with van der Waals surface area (Å²) in [4.78, 5) is 41.1. The molecule has 4 rings (SSSR count). The van der Waals surface area contributed by atoms with Crippen LogP contribution in [0.25, 0.3) is 10.2 Å². The predicted molar refractivity (Wildman–Crippen MR) is 112 cm³/mol. The van der Waals surface area contributed by atoms with Gasteiger partial charge in [-0.3, -0.25) is 13.9 Å². The second-order valence-electron chi connectivity index (χ2n) is 8.25. The van der Waals surface area contributed by atoms with Crippen molar-refractivity contribution >= 4 is 27.6 Å². The van der Waals surface area contributed by atoms with Gasteiger partial charge in [-0.15, -0.1) is 11.3 Å². The Balaban J connectivity index is 1.86. The van der Waals surface area contributed by atoms with Crippen LogP contribution in [0.15, 0.2) is 9.59 Å². The minimum atomic E-state index is -4.42. The van der Waals surface area contributed by atoms with Gasteiger partial charge in [-0.1, -0.05) is 19.3 Å². The average molecular weight is 459 g/mol. The van der Waals surface area contributed by atoms with Gasteiger partial charge in [0.1, 0.15) is 4.83 Å². The van der Waals surface area contributed by atoms with Crippen molar-refractivity contribution in [2.75, 3.05) is 13.1 Å². The number of carbonyl (C=O) groups is 1. The molecule has 2 aromatic rings. The zero-order chi connectivity index (χ0) is 22.3. The van der Waals surface area contributed by atoms with Gasteiger partial charge in [-0.2, -0.15) is 13.2 Å². The Morgan fingerprint density at radius 2 is 1.84 bits per heavy atom. The Morgan fingerprint density at radius 1 is 1.13 bits per heavy atom. The van der Waals surface area contributed by atoms with Crippen LogP contribution in [0.1, 0.15) is 55.0 Å². The molecule has 2 amide bonds. The highest BCUT2D eigenvalue weighted by Crippen LogP contribution is 2.32. The van der Waals surface area contributed by atoms with Gasteiger partial charge in [-0.05, 0) is 25.3 Å². The molecule has 1 aliphatic carbocycles. The van der Waals surface area contributed by atoms with E-state index in [9.17, 15) is 27.6 Å². The van der Waals surface area contributed by atoms with Crippen molar-refractivity contribution in [1.82, 2.24) is 19.4 Å². The second-order valence-corrected chi connectivity index (χ2v) is 9.33. The minimum absolute atomic E-state index is 0.217. The molecule has 0 aromatic carbocycles. The molecule has 1 N–H and O–H groups in total. The number of rotatable bonds is 5. The predicted octanol–water partition coefficient (Wildman–Crippen LogP) is 3.52. The van der Waals surface area contributed by atoms with Crippen molar-refractivity contribution in [2.45, 2.75) is 70.8 Å². The third-order valence-electron chi connectivity index (χ3n) is 6.18. The van der Waals surface area contributed by atoms with E-state index in [2.05, 4.69) is 5.32 Å². The largest absolute Gasteiger partial charge is 0.390 e. The molecule has 0 radical (unpaired) electrons. The van der Waals surface area contributed by atoms with Gasteiger partial charge >= 0.3 is 17.9 Å². The highest BCUT2D eigenvalue weighted by Gasteiger charge is 2.30. The Morgan fingerprint density at radius 3 is 2.45 bits per heavy atom. The van der Waals surface area contributed by atoms with E-state index < -0.39 is 30.4 Å². The lowest BCUT2D eigenvalue weighted by Gasteiger charge is -2.24. The number of carbonyl (C=O) groups excluding carboxylic acids is 1. The van der Waals surface area contributed by atoms with Gasteiger partial charge < -0.3 is 10.2 Å². The number of nitrogens with one attached hydrogen (secondary N) is 1. The van der Waals surface area contributed by atoms with E-state index in [4.69, 9.17) is 0 Å². The fraction of sp³-hybridized carbons (Fsp3) is 0.650. The monoisotopic (exact) mass is 458 g/mol. The number of aryl methyl sites for hydroxylation is 2. The Bertz CT molecular complexity index is 1110. The van der Waals surface area contributed by atoms with E-state index >= 15 is 0 Å². The number of hydrogen-bond donors (Lipinski definition) is 1. The van der Waals surface area contributed by atoms with Crippen LogP contribution in [0.2, 0.25) is 0 Å². The normalized spacial score (nSPS) is 18.2. The smallest absolute Gasteiger partial charge is 0.336 e. The van der Waals surface area contributed by atoms with Crippen LogP contribution in [0.5, 0.6) is 0 Å². The summed E-state index contributed by atoms with van der Waals surface area (Å²) >= 11 is 1.13. The lowest BCUT2D eigenvalue weighted by molar-refractivity contribution is -0.136. The molecule has 170 valence electrons. The molecule has 1 saturated heterocycles. The standard InChI is InChI=1S/C20H25F3N4O3S/c1-12-14(11-25-10-8-24-18(25)29)31-17-15(12)16(28)27(13-5-3-2-4-6-13)19(30)26(17)9-7-20(21,22)23/h13H,2-11H2,1H3,(H,24,29). The summed E-state index contributed by atoms with van der Waals surface area (Å²) in [6.45, 7) is 2.50. The summed E-state index contributed by atoms with van der Waals surface area (Å²) in [5.41, 5.74) is -0.462. The molecular weight excluding hydrogens is 433 g/mol. The molecule has 11 heteroatoms. The first-order valence-corrected chi connectivity index (χ1v) is 11.4. The van der Waals surface area contributed by atoms with Crippen LogP contribution in [0, 0.1) is 6.92 Å². The number of thiophene rings is 1. The summed E-state index contributed by atoms with van der Waals surface area (Å²) in [6.07, 6.45) is -1.43. The third-order valence-corrected chi connectivity index (χ3v) is 7.48. The molecule has 1 saturated carbocycles. The summed E-state index contributed by atoms with van der Waals surface area (Å²) in [6, 6.07) is -0.506. The first-order valence-electron chi connectivity index (χ1n) is 10.5. The number of hydrogen-bond acceptors (Lipinski definition) is 4. The molecular formula is C20H25F3N4O3S. The van der Waals surface area contributed by atoms with E-state index in [1.807, 2.05) is 0 Å². The zero-order valence-electron chi connectivity index (χ0n) is 17.3. The molecule has 3 heterocycles. The third kappa shape index (κ3) is 4.24. The molecule has 0 unspecified atom stereocenters. The quantitative estimate of drug-likeness (QED) is 0.745. The van der Waals surface area contributed by atoms with Crippen LogP contribution in [0.4, 0.5) is 18.0 Å². The van der Waals surface area contributed by atoms with Crippen LogP contribution < -0.4 is 16.6 Å². The fourth-order valence-electron chi connectivity index (χ4n) is 4.49. The molecule has 1 aliphatic heterocycles. The van der Waals surface area contributed by atoms with Gasteiger partial charge in [0, 0.05) is 30.6 Å². The lowest BCUT2D eigenvalue weighted by atomic mass is 9.95. The molecule has 0 atom stereocenters. The maximum absolute atomic E-state index is 13.4. The first-order chi connectivity index (χ1) is 14.7. The maximum Gasteiger partial charge on any atom is 0.390 e. The van der Waals surface area contributed by atoms with E-state index in [0.29, 0.717) is 41.8 Å².